The van der Waals surface area contributed by atoms with E-state index in [4.69, 9.17) is 0 Å². The Morgan fingerprint density at radius 2 is 1.75 bits per heavy atom. The standard InChI is InChI=1S/C27H25N3OS/c1-3-28-27-30(4-2)26(31)25(32-27)16-22-18-29(24-12-8-7-11-23(22)24)17-19-13-14-20-9-5-6-10-21(20)15-19/h5-16,18H,3-4,17H2,1-2H3/b25-16+,28-27?. The number of likely N-dealkylation sites (N-methyl/N-ethyl adjacent to an activating group) is 1. The minimum Gasteiger partial charge on any atom is -0.342 e. The highest BCUT2D eigenvalue weighted by Gasteiger charge is 2.32. The zero-order chi connectivity index (χ0) is 22.1. The monoisotopic (exact) mass is 439 g/mol. The number of aromatic nitrogens is 1. The largest absolute Gasteiger partial charge is 0.342 e. The molecule has 0 spiro atoms. The second-order valence-electron chi connectivity index (χ2n) is 7.83. The molecule has 1 saturated heterocycles. The zero-order valence-corrected chi connectivity index (χ0v) is 19.1. The normalized spacial score (nSPS) is 16.8. The number of fused-ring (bicyclic) bond motifs is 2. The van der Waals surface area contributed by atoms with Crippen LogP contribution in [-0.4, -0.2) is 33.6 Å². The summed E-state index contributed by atoms with van der Waals surface area (Å²) in [5.74, 6) is 0.0380. The first-order chi connectivity index (χ1) is 15.7. The molecule has 3 aromatic carbocycles. The third-order valence-electron chi connectivity index (χ3n) is 5.77. The van der Waals surface area contributed by atoms with Crippen molar-refractivity contribution in [1.29, 1.82) is 0 Å². The number of nitrogens with zero attached hydrogens (tertiary/aromatic N) is 3. The predicted octanol–water partition coefficient (Wildman–Crippen LogP) is 6.15. The molecule has 1 fully saturated rings. The average molecular weight is 440 g/mol. The molecule has 0 aliphatic carbocycles. The summed E-state index contributed by atoms with van der Waals surface area (Å²) in [5, 5.41) is 4.45. The minimum absolute atomic E-state index is 0.0380. The van der Waals surface area contributed by atoms with E-state index < -0.39 is 0 Å². The van der Waals surface area contributed by atoms with Crippen molar-refractivity contribution in [2.75, 3.05) is 13.1 Å². The van der Waals surface area contributed by atoms with E-state index in [1.54, 1.807) is 4.90 Å². The summed E-state index contributed by atoms with van der Waals surface area (Å²) in [7, 11) is 0. The van der Waals surface area contributed by atoms with Crippen molar-refractivity contribution in [2.24, 2.45) is 4.99 Å². The molecule has 1 aromatic heterocycles. The van der Waals surface area contributed by atoms with Crippen LogP contribution in [0.2, 0.25) is 0 Å². The van der Waals surface area contributed by atoms with Crippen LogP contribution in [-0.2, 0) is 11.3 Å². The van der Waals surface area contributed by atoms with Crippen molar-refractivity contribution in [3.05, 3.63) is 89.0 Å². The highest BCUT2D eigenvalue weighted by molar-refractivity contribution is 8.18. The van der Waals surface area contributed by atoms with E-state index in [-0.39, 0.29) is 5.91 Å². The van der Waals surface area contributed by atoms with Crippen LogP contribution >= 0.6 is 11.8 Å². The van der Waals surface area contributed by atoms with E-state index in [9.17, 15) is 4.79 Å². The molecule has 5 heteroatoms. The number of para-hydroxylation sites is 1. The van der Waals surface area contributed by atoms with Crippen LogP contribution in [0, 0.1) is 0 Å². The summed E-state index contributed by atoms with van der Waals surface area (Å²) in [6, 6.07) is 23.5. The molecule has 0 radical (unpaired) electrons. The fraction of sp³-hybridized carbons (Fsp3) is 0.185. The Balaban J connectivity index is 1.53. The van der Waals surface area contributed by atoms with Gasteiger partial charge in [0.15, 0.2) is 5.17 Å². The van der Waals surface area contributed by atoms with E-state index in [0.29, 0.717) is 13.1 Å². The van der Waals surface area contributed by atoms with Gasteiger partial charge in [0.1, 0.15) is 0 Å². The molecule has 2 heterocycles. The summed E-state index contributed by atoms with van der Waals surface area (Å²) in [5.41, 5.74) is 3.48. The lowest BCUT2D eigenvalue weighted by molar-refractivity contribution is -0.122. The van der Waals surface area contributed by atoms with E-state index in [1.165, 1.54) is 28.1 Å². The van der Waals surface area contributed by atoms with Crippen molar-refractivity contribution < 1.29 is 4.79 Å². The Labute approximate surface area is 192 Å². The smallest absolute Gasteiger partial charge is 0.266 e. The molecule has 1 aliphatic heterocycles. The van der Waals surface area contributed by atoms with Gasteiger partial charge in [0.25, 0.3) is 5.91 Å². The van der Waals surface area contributed by atoms with Gasteiger partial charge in [-0.1, -0.05) is 54.6 Å². The van der Waals surface area contributed by atoms with Gasteiger partial charge in [-0.05, 0) is 60.2 Å². The molecular formula is C27H25N3OS. The lowest BCUT2D eigenvalue weighted by atomic mass is 10.1. The van der Waals surface area contributed by atoms with Crippen molar-refractivity contribution >= 4 is 50.6 Å². The fourth-order valence-electron chi connectivity index (χ4n) is 4.24. The predicted molar refractivity (Wildman–Crippen MR) is 136 cm³/mol. The number of amidine groups is 1. The summed E-state index contributed by atoms with van der Waals surface area (Å²) in [6.45, 7) is 6.06. The minimum atomic E-state index is 0.0380. The van der Waals surface area contributed by atoms with Crippen molar-refractivity contribution in [1.82, 2.24) is 9.47 Å². The van der Waals surface area contributed by atoms with E-state index >= 15 is 0 Å². The third kappa shape index (κ3) is 3.73. The summed E-state index contributed by atoms with van der Waals surface area (Å²) >= 11 is 1.47. The number of carbonyl (C=O) groups is 1. The van der Waals surface area contributed by atoms with Gasteiger partial charge in [0.2, 0.25) is 0 Å². The number of thioether (sulfide) groups is 1. The lowest BCUT2D eigenvalue weighted by Crippen LogP contribution is -2.28. The van der Waals surface area contributed by atoms with Gasteiger partial charge >= 0.3 is 0 Å². The second kappa shape index (κ2) is 8.67. The number of aliphatic imine (C=N–C) groups is 1. The molecule has 5 rings (SSSR count). The van der Waals surface area contributed by atoms with Gasteiger partial charge in [0, 0.05) is 42.3 Å². The summed E-state index contributed by atoms with van der Waals surface area (Å²) < 4.78 is 2.27. The van der Waals surface area contributed by atoms with Gasteiger partial charge in [-0.25, -0.2) is 0 Å². The molecule has 0 unspecified atom stereocenters. The maximum Gasteiger partial charge on any atom is 0.266 e. The Kier molecular flexibility index (Phi) is 5.58. The van der Waals surface area contributed by atoms with E-state index in [2.05, 4.69) is 82.5 Å². The van der Waals surface area contributed by atoms with Crippen LogP contribution in [0.5, 0.6) is 0 Å². The summed E-state index contributed by atoms with van der Waals surface area (Å²) in [6.07, 6.45) is 4.18. The highest BCUT2D eigenvalue weighted by atomic mass is 32.2. The Bertz CT molecular complexity index is 1380. The van der Waals surface area contributed by atoms with Gasteiger partial charge < -0.3 is 4.57 Å². The number of hydrogen-bond donors (Lipinski definition) is 0. The number of carbonyl (C=O) groups excluding carboxylic acids is 1. The molecule has 0 bridgehead atoms. The number of hydrogen-bond acceptors (Lipinski definition) is 3. The van der Waals surface area contributed by atoms with Gasteiger partial charge in [-0.3, -0.25) is 14.7 Å². The SMILES string of the molecule is CCN=C1S/C(=C/c2cn(Cc3ccc4ccccc4c3)c3ccccc23)C(=O)N1CC. The van der Waals surface area contributed by atoms with Crippen LogP contribution in [0.4, 0.5) is 0 Å². The van der Waals surface area contributed by atoms with Crippen molar-refractivity contribution in [2.45, 2.75) is 20.4 Å². The van der Waals surface area contributed by atoms with Gasteiger partial charge in [-0.2, -0.15) is 0 Å². The van der Waals surface area contributed by atoms with Crippen molar-refractivity contribution in [3.63, 3.8) is 0 Å². The first-order valence-electron chi connectivity index (χ1n) is 11.0. The molecule has 0 atom stereocenters. The molecule has 1 amide bonds. The van der Waals surface area contributed by atoms with Crippen LogP contribution in [0.25, 0.3) is 27.8 Å². The number of amides is 1. The number of benzene rings is 3. The highest BCUT2D eigenvalue weighted by Crippen LogP contribution is 2.34. The lowest BCUT2D eigenvalue weighted by Gasteiger charge is -2.11. The maximum atomic E-state index is 12.9. The Morgan fingerprint density at radius 1 is 0.969 bits per heavy atom. The first-order valence-corrected chi connectivity index (χ1v) is 11.8. The van der Waals surface area contributed by atoms with Gasteiger partial charge in [0.05, 0.1) is 4.91 Å². The fourth-order valence-corrected chi connectivity index (χ4v) is 5.33. The second-order valence-corrected chi connectivity index (χ2v) is 8.84. The molecular weight excluding hydrogens is 414 g/mol. The number of rotatable bonds is 5. The van der Waals surface area contributed by atoms with Crippen LogP contribution in [0.3, 0.4) is 0 Å². The van der Waals surface area contributed by atoms with Crippen molar-refractivity contribution in [3.8, 4) is 0 Å². The average Bonchev–Trinajstić information content (AvgIpc) is 3.31. The molecule has 4 nitrogen and oxygen atoms in total. The Morgan fingerprint density at radius 3 is 2.56 bits per heavy atom. The molecule has 160 valence electrons. The third-order valence-corrected chi connectivity index (χ3v) is 6.81. The molecule has 32 heavy (non-hydrogen) atoms. The molecule has 0 saturated carbocycles. The summed E-state index contributed by atoms with van der Waals surface area (Å²) in [4.78, 5) is 19.9. The van der Waals surface area contributed by atoms with Crippen LogP contribution < -0.4 is 0 Å². The Hall–Kier alpha value is -3.31. The molecule has 1 aliphatic rings. The zero-order valence-electron chi connectivity index (χ0n) is 18.3. The van der Waals surface area contributed by atoms with Gasteiger partial charge in [-0.15, -0.1) is 0 Å². The molecule has 4 aromatic rings. The van der Waals surface area contributed by atoms with E-state index in [1.807, 2.05) is 19.9 Å². The van der Waals surface area contributed by atoms with E-state index in [0.717, 1.165) is 33.1 Å². The van der Waals surface area contributed by atoms with Crippen LogP contribution in [0.1, 0.15) is 25.0 Å². The molecule has 0 N–H and O–H groups in total. The first kappa shape index (κ1) is 20.6. The maximum absolute atomic E-state index is 12.9. The van der Waals surface area contributed by atoms with Crippen LogP contribution in [0.15, 0.2) is 82.8 Å². The topological polar surface area (TPSA) is 37.6 Å². The quantitative estimate of drug-likeness (QED) is 0.350.